The lowest BCUT2D eigenvalue weighted by atomic mass is 10.2. The van der Waals surface area contributed by atoms with Crippen molar-refractivity contribution in [1.82, 2.24) is 4.90 Å². The van der Waals surface area contributed by atoms with Gasteiger partial charge in [0.15, 0.2) is 9.84 Å². The van der Waals surface area contributed by atoms with Crippen molar-refractivity contribution in [2.75, 3.05) is 32.6 Å². The van der Waals surface area contributed by atoms with Crippen LogP contribution in [0.5, 0.6) is 0 Å². The van der Waals surface area contributed by atoms with E-state index in [2.05, 4.69) is 4.90 Å². The van der Waals surface area contributed by atoms with Crippen LogP contribution in [0.2, 0.25) is 0 Å². The van der Waals surface area contributed by atoms with Crippen molar-refractivity contribution in [1.29, 1.82) is 0 Å². The highest BCUT2D eigenvalue weighted by Crippen LogP contribution is 2.13. The first-order valence-electron chi connectivity index (χ1n) is 7.19. The van der Waals surface area contributed by atoms with E-state index in [0.29, 0.717) is 24.6 Å². The molecule has 6 heteroatoms. The zero-order valence-electron chi connectivity index (χ0n) is 13.1. The molecular weight excluding hydrogens is 288 g/mol. The number of nitrogens with zero attached hydrogens (tertiary/aromatic N) is 1. The highest BCUT2D eigenvalue weighted by atomic mass is 32.2. The van der Waals surface area contributed by atoms with Gasteiger partial charge in [0.1, 0.15) is 0 Å². The van der Waals surface area contributed by atoms with Gasteiger partial charge >= 0.3 is 0 Å². The van der Waals surface area contributed by atoms with Crippen LogP contribution < -0.4 is 5.73 Å². The summed E-state index contributed by atoms with van der Waals surface area (Å²) in [5, 5.41) is 0. The van der Waals surface area contributed by atoms with Gasteiger partial charge < -0.3 is 10.5 Å². The molecule has 0 saturated carbocycles. The lowest BCUT2D eigenvalue weighted by Crippen LogP contribution is -2.39. The number of methoxy groups -OCH3 is 1. The Labute approximate surface area is 128 Å². The monoisotopic (exact) mass is 314 g/mol. The van der Waals surface area contributed by atoms with Crippen molar-refractivity contribution in [3.05, 3.63) is 29.8 Å². The summed E-state index contributed by atoms with van der Waals surface area (Å²) in [4.78, 5) is 2.46. The van der Waals surface area contributed by atoms with Gasteiger partial charge in [-0.2, -0.15) is 0 Å². The molecule has 1 unspecified atom stereocenters. The first kappa shape index (κ1) is 18.1. The molecule has 120 valence electrons. The Morgan fingerprint density at radius 3 is 2.38 bits per heavy atom. The molecule has 1 aromatic rings. The smallest absolute Gasteiger partial charge is 0.179 e. The summed E-state index contributed by atoms with van der Waals surface area (Å²) >= 11 is 0. The molecule has 1 aromatic carbocycles. The molecule has 1 rings (SSSR count). The second kappa shape index (κ2) is 8.48. The number of hydrogen-bond donors (Lipinski definition) is 1. The molecule has 0 fully saturated rings. The van der Waals surface area contributed by atoms with E-state index in [1.54, 1.807) is 31.4 Å². The molecular formula is C15H26N2O3S. The van der Waals surface area contributed by atoms with E-state index in [9.17, 15) is 8.42 Å². The minimum absolute atomic E-state index is 0.108. The molecule has 21 heavy (non-hydrogen) atoms. The quantitative estimate of drug-likeness (QED) is 0.743. The Kier molecular flexibility index (Phi) is 7.31. The van der Waals surface area contributed by atoms with Crippen LogP contribution in [0.3, 0.4) is 0 Å². The molecule has 2 N–H and O–H groups in total. The summed E-state index contributed by atoms with van der Waals surface area (Å²) in [6.07, 6.45) is 0. The van der Waals surface area contributed by atoms with Crippen LogP contribution in [0.15, 0.2) is 29.2 Å². The minimum Gasteiger partial charge on any atom is -0.383 e. The van der Waals surface area contributed by atoms with Crippen molar-refractivity contribution < 1.29 is 13.2 Å². The molecule has 0 heterocycles. The zero-order valence-corrected chi connectivity index (χ0v) is 13.9. The molecule has 0 spiro atoms. The Bertz CT molecular complexity index is 514. The van der Waals surface area contributed by atoms with Gasteiger partial charge in [-0.3, -0.25) is 4.90 Å². The van der Waals surface area contributed by atoms with Crippen molar-refractivity contribution in [2.24, 2.45) is 5.73 Å². The van der Waals surface area contributed by atoms with Crippen molar-refractivity contribution in [3.63, 3.8) is 0 Å². The minimum atomic E-state index is -3.26. The van der Waals surface area contributed by atoms with Gasteiger partial charge in [0.25, 0.3) is 0 Å². The lowest BCUT2D eigenvalue weighted by Gasteiger charge is -2.27. The Morgan fingerprint density at radius 2 is 1.90 bits per heavy atom. The largest absolute Gasteiger partial charge is 0.383 e. The van der Waals surface area contributed by atoms with E-state index in [-0.39, 0.29) is 11.8 Å². The molecule has 0 aromatic heterocycles. The molecule has 5 nitrogen and oxygen atoms in total. The van der Waals surface area contributed by atoms with Crippen LogP contribution in [-0.4, -0.2) is 51.9 Å². The van der Waals surface area contributed by atoms with Crippen LogP contribution in [0.1, 0.15) is 19.4 Å². The van der Waals surface area contributed by atoms with Crippen molar-refractivity contribution >= 4 is 9.84 Å². The number of rotatable bonds is 9. The van der Waals surface area contributed by atoms with Crippen LogP contribution in [-0.2, 0) is 21.1 Å². The fourth-order valence-corrected chi connectivity index (χ4v) is 3.49. The third-order valence-corrected chi connectivity index (χ3v) is 5.31. The van der Waals surface area contributed by atoms with Gasteiger partial charge in [0.2, 0.25) is 0 Å². The first-order valence-corrected chi connectivity index (χ1v) is 8.84. The van der Waals surface area contributed by atoms with E-state index in [0.717, 1.165) is 12.1 Å². The first-order chi connectivity index (χ1) is 9.94. The molecule has 0 saturated heterocycles. The fraction of sp³-hybridized carbons (Fsp3) is 0.600. The number of nitrogens with two attached hydrogens (primary N) is 1. The summed E-state index contributed by atoms with van der Waals surface area (Å²) in [6.45, 7) is 6.37. The topological polar surface area (TPSA) is 72.6 Å². The van der Waals surface area contributed by atoms with Crippen LogP contribution in [0.25, 0.3) is 0 Å². The average Bonchev–Trinajstić information content (AvgIpc) is 2.48. The molecule has 0 aliphatic heterocycles. The Morgan fingerprint density at radius 1 is 1.29 bits per heavy atom. The maximum absolute atomic E-state index is 12.3. The maximum atomic E-state index is 12.3. The van der Waals surface area contributed by atoms with Crippen molar-refractivity contribution in [2.45, 2.75) is 31.3 Å². The molecule has 1 atom stereocenters. The fourth-order valence-electron chi connectivity index (χ4n) is 2.22. The van der Waals surface area contributed by atoms with Crippen LogP contribution in [0, 0.1) is 0 Å². The maximum Gasteiger partial charge on any atom is 0.179 e. The number of ether oxygens (including phenoxy) is 1. The highest BCUT2D eigenvalue weighted by Gasteiger charge is 2.18. The van der Waals surface area contributed by atoms with Crippen molar-refractivity contribution in [3.8, 4) is 0 Å². The SMILES string of the molecule is CCN(CCS(=O)(=O)c1ccc(CN)cc1)C(C)COC. The number of likely N-dealkylation sites (N-methyl/N-ethyl adjacent to an activating group) is 1. The van der Waals surface area contributed by atoms with E-state index in [1.165, 1.54) is 0 Å². The van der Waals surface area contributed by atoms with Gasteiger partial charge in [-0.1, -0.05) is 19.1 Å². The molecule has 0 aliphatic rings. The van der Waals surface area contributed by atoms with E-state index in [1.807, 2.05) is 13.8 Å². The number of benzene rings is 1. The highest BCUT2D eigenvalue weighted by molar-refractivity contribution is 7.91. The number of sulfone groups is 1. The Hall–Kier alpha value is -0.950. The van der Waals surface area contributed by atoms with E-state index in [4.69, 9.17) is 10.5 Å². The normalized spacial score (nSPS) is 13.6. The second-order valence-corrected chi connectivity index (χ2v) is 7.21. The van der Waals surface area contributed by atoms with Crippen LogP contribution >= 0.6 is 0 Å². The standard InChI is InChI=1S/C15H26N2O3S/c1-4-17(13(2)12-20-3)9-10-21(18,19)15-7-5-14(11-16)6-8-15/h5-8,13H,4,9-12,16H2,1-3H3. The van der Waals surface area contributed by atoms with Gasteiger partial charge in [-0.15, -0.1) is 0 Å². The summed E-state index contributed by atoms with van der Waals surface area (Å²) in [5.41, 5.74) is 6.45. The Balaban J connectivity index is 2.70. The van der Waals surface area contributed by atoms with Gasteiger partial charge in [-0.25, -0.2) is 8.42 Å². The summed E-state index contributed by atoms with van der Waals surface area (Å²) in [5.74, 6) is 0.108. The summed E-state index contributed by atoms with van der Waals surface area (Å²) in [7, 11) is -1.61. The predicted molar refractivity (Wildman–Crippen MR) is 85.0 cm³/mol. The van der Waals surface area contributed by atoms with Gasteiger partial charge in [0, 0.05) is 26.2 Å². The molecule has 0 amide bonds. The van der Waals surface area contributed by atoms with Gasteiger partial charge in [0.05, 0.1) is 17.3 Å². The third-order valence-electron chi connectivity index (χ3n) is 3.60. The van der Waals surface area contributed by atoms with E-state index < -0.39 is 9.84 Å². The number of hydrogen-bond acceptors (Lipinski definition) is 5. The summed E-state index contributed by atoms with van der Waals surface area (Å²) in [6, 6.07) is 6.99. The lowest BCUT2D eigenvalue weighted by molar-refractivity contribution is 0.107. The van der Waals surface area contributed by atoms with E-state index >= 15 is 0 Å². The average molecular weight is 314 g/mol. The zero-order chi connectivity index (χ0) is 15.9. The molecule has 0 radical (unpaired) electrons. The molecule has 0 aliphatic carbocycles. The second-order valence-electron chi connectivity index (χ2n) is 5.10. The van der Waals surface area contributed by atoms with Gasteiger partial charge in [-0.05, 0) is 31.2 Å². The van der Waals surface area contributed by atoms with Crippen LogP contribution in [0.4, 0.5) is 0 Å². The summed E-state index contributed by atoms with van der Waals surface area (Å²) < 4.78 is 29.8. The third kappa shape index (κ3) is 5.39. The molecule has 0 bridgehead atoms. The predicted octanol–water partition coefficient (Wildman–Crippen LogP) is 1.28.